The number of amides is 1. The summed E-state index contributed by atoms with van der Waals surface area (Å²) in [6, 6.07) is 12.8. The van der Waals surface area contributed by atoms with Crippen LogP contribution in [0.15, 0.2) is 42.5 Å². The number of carbonyl (C=O) groups is 2. The average molecular weight is 341 g/mol. The molecule has 0 bridgehead atoms. The van der Waals surface area contributed by atoms with Crippen LogP contribution in [0.3, 0.4) is 0 Å². The van der Waals surface area contributed by atoms with E-state index < -0.39 is 0 Å². The van der Waals surface area contributed by atoms with E-state index in [0.29, 0.717) is 12.1 Å². The fourth-order valence-corrected chi connectivity index (χ4v) is 2.57. The maximum atomic E-state index is 12.5. The highest BCUT2D eigenvalue weighted by Crippen LogP contribution is 2.21. The standard InChI is InChI=1S/C20H23NO4/c1-14-5-10-18(24-3)17(11-14)12-19(22)21(2)13-15-6-8-16(9-7-15)20(23)25-4/h5-11H,12-13H2,1-4H3. The molecule has 5 nitrogen and oxygen atoms in total. The van der Waals surface area contributed by atoms with E-state index in [1.807, 2.05) is 37.3 Å². The predicted molar refractivity (Wildman–Crippen MR) is 95.7 cm³/mol. The minimum absolute atomic E-state index is 0.000874. The largest absolute Gasteiger partial charge is 0.496 e. The van der Waals surface area contributed by atoms with Crippen LogP contribution in [0.25, 0.3) is 0 Å². The third kappa shape index (κ3) is 4.83. The fraction of sp³-hybridized carbons (Fsp3) is 0.300. The van der Waals surface area contributed by atoms with Crippen molar-refractivity contribution in [2.45, 2.75) is 19.9 Å². The molecule has 1 amide bonds. The molecule has 0 aliphatic rings. The van der Waals surface area contributed by atoms with Crippen LogP contribution in [0.4, 0.5) is 0 Å². The lowest BCUT2D eigenvalue weighted by Gasteiger charge is -2.18. The molecule has 2 rings (SSSR count). The first kappa shape index (κ1) is 18.5. The summed E-state index contributed by atoms with van der Waals surface area (Å²) in [7, 11) is 4.71. The van der Waals surface area contributed by atoms with Crippen molar-refractivity contribution in [1.82, 2.24) is 4.90 Å². The Morgan fingerprint density at radius 1 is 1.04 bits per heavy atom. The van der Waals surface area contributed by atoms with Crippen molar-refractivity contribution in [1.29, 1.82) is 0 Å². The van der Waals surface area contributed by atoms with Crippen molar-refractivity contribution < 1.29 is 19.1 Å². The molecule has 0 saturated carbocycles. The quantitative estimate of drug-likeness (QED) is 0.758. The summed E-state index contributed by atoms with van der Waals surface area (Å²) in [6.45, 7) is 2.45. The molecule has 0 heterocycles. The van der Waals surface area contributed by atoms with Gasteiger partial charge in [0, 0.05) is 19.2 Å². The summed E-state index contributed by atoms with van der Waals surface area (Å²) in [6.07, 6.45) is 0.279. The van der Waals surface area contributed by atoms with Crippen LogP contribution < -0.4 is 4.74 Å². The van der Waals surface area contributed by atoms with Gasteiger partial charge >= 0.3 is 5.97 Å². The van der Waals surface area contributed by atoms with Gasteiger partial charge in [-0.2, -0.15) is 0 Å². The zero-order valence-electron chi connectivity index (χ0n) is 15.0. The van der Waals surface area contributed by atoms with Gasteiger partial charge < -0.3 is 14.4 Å². The van der Waals surface area contributed by atoms with Crippen LogP contribution in [0, 0.1) is 6.92 Å². The van der Waals surface area contributed by atoms with Crippen molar-refractivity contribution in [3.63, 3.8) is 0 Å². The first-order valence-corrected chi connectivity index (χ1v) is 7.99. The van der Waals surface area contributed by atoms with Crippen molar-refractivity contribution >= 4 is 11.9 Å². The van der Waals surface area contributed by atoms with Crippen LogP contribution in [-0.4, -0.2) is 38.0 Å². The van der Waals surface area contributed by atoms with E-state index in [9.17, 15) is 9.59 Å². The number of benzene rings is 2. The molecule has 0 aliphatic heterocycles. The maximum Gasteiger partial charge on any atom is 0.337 e. The van der Waals surface area contributed by atoms with E-state index in [-0.39, 0.29) is 18.3 Å². The lowest BCUT2D eigenvalue weighted by Crippen LogP contribution is -2.27. The zero-order valence-corrected chi connectivity index (χ0v) is 15.0. The molecular formula is C20H23NO4. The molecule has 25 heavy (non-hydrogen) atoms. The number of nitrogens with zero attached hydrogens (tertiary/aromatic N) is 1. The molecule has 0 saturated heterocycles. The topological polar surface area (TPSA) is 55.8 Å². The Morgan fingerprint density at radius 3 is 2.32 bits per heavy atom. The average Bonchev–Trinajstić information content (AvgIpc) is 2.61. The first-order valence-electron chi connectivity index (χ1n) is 7.99. The molecule has 0 atom stereocenters. The number of hydrogen-bond acceptors (Lipinski definition) is 4. The summed E-state index contributed by atoms with van der Waals surface area (Å²) in [4.78, 5) is 25.6. The molecule has 5 heteroatoms. The number of carbonyl (C=O) groups excluding carboxylic acids is 2. The highest BCUT2D eigenvalue weighted by Gasteiger charge is 2.14. The second kappa shape index (κ2) is 8.33. The minimum Gasteiger partial charge on any atom is -0.496 e. The second-order valence-electron chi connectivity index (χ2n) is 5.93. The molecule has 0 fully saturated rings. The molecule has 2 aromatic carbocycles. The van der Waals surface area contributed by atoms with Gasteiger partial charge in [-0.05, 0) is 30.7 Å². The Bertz CT molecular complexity index is 753. The third-order valence-corrected chi connectivity index (χ3v) is 4.00. The van der Waals surface area contributed by atoms with Crippen LogP contribution in [0.1, 0.15) is 27.0 Å². The summed E-state index contributed by atoms with van der Waals surface area (Å²) in [5.41, 5.74) is 3.40. The highest BCUT2D eigenvalue weighted by atomic mass is 16.5. The van der Waals surface area contributed by atoms with Crippen LogP contribution in [0.2, 0.25) is 0 Å². The minimum atomic E-state index is -0.373. The summed E-state index contributed by atoms with van der Waals surface area (Å²) in [5.74, 6) is 0.346. The van der Waals surface area contributed by atoms with Gasteiger partial charge in [0.15, 0.2) is 0 Å². The number of ether oxygens (including phenoxy) is 2. The van der Waals surface area contributed by atoms with Crippen molar-refractivity contribution in [2.75, 3.05) is 21.3 Å². The van der Waals surface area contributed by atoms with Crippen LogP contribution >= 0.6 is 0 Å². The van der Waals surface area contributed by atoms with Gasteiger partial charge in [-0.3, -0.25) is 4.79 Å². The van der Waals surface area contributed by atoms with Crippen molar-refractivity contribution in [3.8, 4) is 5.75 Å². The Morgan fingerprint density at radius 2 is 1.72 bits per heavy atom. The number of esters is 1. The Kier molecular flexibility index (Phi) is 6.17. The van der Waals surface area contributed by atoms with Gasteiger partial charge in [0.2, 0.25) is 5.91 Å². The second-order valence-corrected chi connectivity index (χ2v) is 5.93. The fourth-order valence-electron chi connectivity index (χ4n) is 2.57. The smallest absolute Gasteiger partial charge is 0.337 e. The lowest BCUT2D eigenvalue weighted by molar-refractivity contribution is -0.129. The van der Waals surface area contributed by atoms with Gasteiger partial charge in [0.05, 0.1) is 26.2 Å². The number of rotatable bonds is 6. The molecule has 0 N–H and O–H groups in total. The monoisotopic (exact) mass is 341 g/mol. The van der Waals surface area contributed by atoms with E-state index >= 15 is 0 Å². The maximum absolute atomic E-state index is 12.5. The van der Waals surface area contributed by atoms with E-state index in [0.717, 1.165) is 22.4 Å². The van der Waals surface area contributed by atoms with Gasteiger partial charge in [-0.25, -0.2) is 4.79 Å². The summed E-state index contributed by atoms with van der Waals surface area (Å²) >= 11 is 0. The normalized spacial score (nSPS) is 10.2. The molecule has 0 aromatic heterocycles. The number of aryl methyl sites for hydroxylation is 1. The van der Waals surface area contributed by atoms with E-state index in [1.54, 1.807) is 31.2 Å². The van der Waals surface area contributed by atoms with Gasteiger partial charge in [0.25, 0.3) is 0 Å². The molecule has 0 unspecified atom stereocenters. The predicted octanol–water partition coefficient (Wildman–Crippen LogP) is 2.99. The van der Waals surface area contributed by atoms with Gasteiger partial charge in [-0.15, -0.1) is 0 Å². The Balaban J connectivity index is 2.03. The van der Waals surface area contributed by atoms with Crippen molar-refractivity contribution in [3.05, 3.63) is 64.7 Å². The first-order chi connectivity index (χ1) is 11.9. The molecule has 0 spiro atoms. The van der Waals surface area contributed by atoms with Crippen LogP contribution in [0.5, 0.6) is 5.75 Å². The lowest BCUT2D eigenvalue weighted by atomic mass is 10.1. The van der Waals surface area contributed by atoms with Crippen molar-refractivity contribution in [2.24, 2.45) is 0 Å². The zero-order chi connectivity index (χ0) is 18.4. The molecule has 0 aliphatic carbocycles. The van der Waals surface area contributed by atoms with Crippen LogP contribution in [-0.2, 0) is 22.5 Å². The Labute approximate surface area is 148 Å². The summed E-state index contributed by atoms with van der Waals surface area (Å²) < 4.78 is 10.0. The highest BCUT2D eigenvalue weighted by molar-refractivity contribution is 5.89. The molecule has 2 aromatic rings. The van der Waals surface area contributed by atoms with E-state index in [1.165, 1.54) is 7.11 Å². The van der Waals surface area contributed by atoms with E-state index in [2.05, 4.69) is 4.74 Å². The van der Waals surface area contributed by atoms with E-state index in [4.69, 9.17) is 4.74 Å². The third-order valence-electron chi connectivity index (χ3n) is 4.00. The molecule has 132 valence electrons. The number of likely N-dealkylation sites (N-methyl/N-ethyl adjacent to an activating group) is 1. The molecule has 0 radical (unpaired) electrons. The van der Waals surface area contributed by atoms with Gasteiger partial charge in [-0.1, -0.05) is 29.8 Å². The number of methoxy groups -OCH3 is 2. The SMILES string of the molecule is COC(=O)c1ccc(CN(C)C(=O)Cc2cc(C)ccc2OC)cc1. The Hall–Kier alpha value is -2.82. The number of hydrogen-bond donors (Lipinski definition) is 0. The molecular weight excluding hydrogens is 318 g/mol. The van der Waals surface area contributed by atoms with Gasteiger partial charge in [0.1, 0.15) is 5.75 Å². The summed E-state index contributed by atoms with van der Waals surface area (Å²) in [5, 5.41) is 0.